The molecule has 0 aliphatic heterocycles. The van der Waals surface area contributed by atoms with Crippen molar-refractivity contribution in [2.24, 2.45) is 0 Å². The van der Waals surface area contributed by atoms with Gasteiger partial charge >= 0.3 is 5.97 Å². The summed E-state index contributed by atoms with van der Waals surface area (Å²) in [4.78, 5) is 11.7. The number of carbonyl (C=O) groups excluding carboxylic acids is 1. The van der Waals surface area contributed by atoms with Crippen molar-refractivity contribution >= 4 is 5.97 Å². The minimum absolute atomic E-state index is 0.0709. The number of nitrogens with one attached hydrogen (secondary N) is 1. The lowest BCUT2D eigenvalue weighted by molar-refractivity contribution is -0.142. The van der Waals surface area contributed by atoms with E-state index in [4.69, 9.17) is 4.74 Å². The summed E-state index contributed by atoms with van der Waals surface area (Å²) in [5.41, 5.74) is 4.91. The number of esters is 1. The molecular weight excluding hydrogens is 405 g/mol. The molecule has 1 heterocycles. The Bertz CT molecular complexity index is 1190. The first kappa shape index (κ1) is 21.5. The third-order valence-corrected chi connectivity index (χ3v) is 5.08. The van der Waals surface area contributed by atoms with Crippen molar-refractivity contribution in [3.63, 3.8) is 0 Å². The highest BCUT2D eigenvalue weighted by molar-refractivity contribution is 5.72. The van der Waals surface area contributed by atoms with Crippen LogP contribution in [0.1, 0.15) is 12.5 Å². The Balaban J connectivity index is 1.67. The Morgan fingerprint density at radius 2 is 1.66 bits per heavy atom. The van der Waals surface area contributed by atoms with E-state index in [-0.39, 0.29) is 18.3 Å². The average Bonchev–Trinajstić information content (AvgIpc) is 3.24. The van der Waals surface area contributed by atoms with Gasteiger partial charge in [0.25, 0.3) is 0 Å². The lowest BCUT2D eigenvalue weighted by Crippen LogP contribution is -2.24. The van der Waals surface area contributed by atoms with Crippen LogP contribution in [-0.2, 0) is 16.1 Å². The molecule has 4 rings (SSSR count). The van der Waals surface area contributed by atoms with Gasteiger partial charge in [-0.25, -0.2) is 9.07 Å². The quantitative estimate of drug-likeness (QED) is 0.401. The van der Waals surface area contributed by atoms with Crippen LogP contribution in [-0.4, -0.2) is 28.9 Å². The van der Waals surface area contributed by atoms with Crippen molar-refractivity contribution in [3.05, 3.63) is 96.4 Å². The van der Waals surface area contributed by atoms with Gasteiger partial charge in [-0.05, 0) is 42.3 Å². The van der Waals surface area contributed by atoms with Gasteiger partial charge in [-0.15, -0.1) is 0 Å². The maximum Gasteiger partial charge on any atom is 0.319 e. The third kappa shape index (κ3) is 4.76. The molecule has 0 saturated heterocycles. The number of halogens is 1. The molecule has 0 amide bonds. The fourth-order valence-electron chi connectivity index (χ4n) is 3.58. The van der Waals surface area contributed by atoms with Gasteiger partial charge in [0, 0.05) is 17.7 Å². The Hall–Kier alpha value is -3.77. The third-order valence-electron chi connectivity index (χ3n) is 5.08. The van der Waals surface area contributed by atoms with Crippen LogP contribution in [0, 0.1) is 5.82 Å². The summed E-state index contributed by atoms with van der Waals surface area (Å²) in [5.74, 6) is -0.661. The Kier molecular flexibility index (Phi) is 6.72. The molecule has 0 radical (unpaired) electrons. The van der Waals surface area contributed by atoms with E-state index in [1.807, 2.05) is 42.5 Å². The predicted molar refractivity (Wildman–Crippen MR) is 123 cm³/mol. The Labute approximate surface area is 186 Å². The number of benzene rings is 3. The highest BCUT2D eigenvalue weighted by Gasteiger charge is 2.18. The van der Waals surface area contributed by atoms with E-state index < -0.39 is 0 Å². The van der Waals surface area contributed by atoms with Gasteiger partial charge in [0.15, 0.2) is 0 Å². The molecule has 5 nitrogen and oxygen atoms in total. The van der Waals surface area contributed by atoms with Gasteiger partial charge in [-0.1, -0.05) is 54.6 Å². The molecule has 1 aromatic heterocycles. The van der Waals surface area contributed by atoms with E-state index in [9.17, 15) is 9.18 Å². The number of hydrogen-bond acceptors (Lipinski definition) is 4. The Morgan fingerprint density at radius 1 is 0.969 bits per heavy atom. The van der Waals surface area contributed by atoms with E-state index in [1.54, 1.807) is 36.0 Å². The maximum absolute atomic E-state index is 14.7. The van der Waals surface area contributed by atoms with Crippen LogP contribution in [0.3, 0.4) is 0 Å². The molecule has 0 aliphatic carbocycles. The molecule has 3 aromatic carbocycles. The van der Waals surface area contributed by atoms with Crippen LogP contribution in [0.15, 0.2) is 85.1 Å². The van der Waals surface area contributed by atoms with Gasteiger partial charge in [-0.3, -0.25) is 4.79 Å². The fourth-order valence-corrected chi connectivity index (χ4v) is 3.58. The monoisotopic (exact) mass is 429 g/mol. The smallest absolute Gasteiger partial charge is 0.319 e. The minimum Gasteiger partial charge on any atom is -0.465 e. The van der Waals surface area contributed by atoms with Gasteiger partial charge in [0.2, 0.25) is 0 Å². The van der Waals surface area contributed by atoms with E-state index in [0.717, 1.165) is 22.4 Å². The molecular formula is C26H24FN3O2. The lowest BCUT2D eigenvalue weighted by atomic mass is 10.0. The van der Waals surface area contributed by atoms with Crippen LogP contribution < -0.4 is 5.32 Å². The van der Waals surface area contributed by atoms with Crippen molar-refractivity contribution in [1.29, 1.82) is 0 Å². The first-order valence-electron chi connectivity index (χ1n) is 10.5. The molecule has 4 aromatic rings. The number of rotatable bonds is 8. The van der Waals surface area contributed by atoms with Crippen LogP contribution in [0.4, 0.5) is 4.39 Å². The van der Waals surface area contributed by atoms with Crippen molar-refractivity contribution in [3.8, 4) is 28.1 Å². The van der Waals surface area contributed by atoms with Gasteiger partial charge in [0.1, 0.15) is 5.82 Å². The second kappa shape index (κ2) is 10.0. The summed E-state index contributed by atoms with van der Waals surface area (Å²) in [6.07, 6.45) is 1.70. The molecule has 0 unspecified atom stereocenters. The normalized spacial score (nSPS) is 10.8. The van der Waals surface area contributed by atoms with E-state index >= 15 is 0 Å². The van der Waals surface area contributed by atoms with Crippen molar-refractivity contribution in [2.75, 3.05) is 13.2 Å². The summed E-state index contributed by atoms with van der Waals surface area (Å²) in [6, 6.07) is 24.7. The first-order chi connectivity index (χ1) is 15.7. The Morgan fingerprint density at radius 3 is 2.38 bits per heavy atom. The summed E-state index contributed by atoms with van der Waals surface area (Å²) >= 11 is 0. The lowest BCUT2D eigenvalue weighted by Gasteiger charge is -2.12. The summed E-state index contributed by atoms with van der Waals surface area (Å²) in [5, 5.41) is 7.60. The second-order valence-electron chi connectivity index (χ2n) is 7.23. The van der Waals surface area contributed by atoms with Crippen molar-refractivity contribution in [1.82, 2.24) is 15.1 Å². The van der Waals surface area contributed by atoms with Crippen LogP contribution in [0.5, 0.6) is 0 Å². The molecule has 32 heavy (non-hydrogen) atoms. The number of aromatic nitrogens is 2. The minimum atomic E-state index is -0.332. The van der Waals surface area contributed by atoms with E-state index in [1.165, 1.54) is 6.07 Å². The fraction of sp³-hybridized carbons (Fsp3) is 0.154. The number of carbonyl (C=O) groups is 1. The first-order valence-corrected chi connectivity index (χ1v) is 10.5. The van der Waals surface area contributed by atoms with E-state index in [2.05, 4.69) is 22.5 Å². The zero-order chi connectivity index (χ0) is 22.3. The van der Waals surface area contributed by atoms with Gasteiger partial charge < -0.3 is 10.1 Å². The van der Waals surface area contributed by atoms with Crippen molar-refractivity contribution in [2.45, 2.75) is 13.5 Å². The zero-order valence-corrected chi connectivity index (χ0v) is 17.8. The van der Waals surface area contributed by atoms with Crippen LogP contribution >= 0.6 is 0 Å². The summed E-state index contributed by atoms with van der Waals surface area (Å²) < 4.78 is 21.4. The van der Waals surface area contributed by atoms with Crippen molar-refractivity contribution < 1.29 is 13.9 Å². The molecule has 1 N–H and O–H groups in total. The van der Waals surface area contributed by atoms with E-state index in [0.29, 0.717) is 24.4 Å². The number of nitrogens with zero attached hydrogens (tertiary/aromatic N) is 2. The number of hydrogen-bond donors (Lipinski definition) is 1. The highest BCUT2D eigenvalue weighted by atomic mass is 19.1. The maximum atomic E-state index is 14.7. The van der Waals surface area contributed by atoms with Gasteiger partial charge in [-0.2, -0.15) is 5.10 Å². The zero-order valence-electron chi connectivity index (χ0n) is 17.8. The SMILES string of the molecule is CCOC(=O)CNCc1cnn(-c2ccc(-c3ccccc3)cc2)c1-c1ccccc1F. The molecule has 0 atom stereocenters. The standard InChI is InChI=1S/C26H24FN3O2/c1-2-32-25(31)18-28-16-21-17-29-30(26(21)23-10-6-7-11-24(23)27)22-14-12-20(13-15-22)19-8-4-3-5-9-19/h3-15,17,28H,2,16,18H2,1H3. The molecule has 0 fully saturated rings. The summed E-state index contributed by atoms with van der Waals surface area (Å²) in [7, 11) is 0. The molecule has 0 spiro atoms. The molecule has 0 saturated carbocycles. The topological polar surface area (TPSA) is 56.1 Å². The molecule has 6 heteroatoms. The predicted octanol–water partition coefficient (Wildman–Crippen LogP) is 5.00. The van der Waals surface area contributed by atoms with Crippen LogP contribution in [0.2, 0.25) is 0 Å². The number of ether oxygens (including phenoxy) is 1. The average molecular weight is 429 g/mol. The molecule has 0 bridgehead atoms. The van der Waals surface area contributed by atoms with Gasteiger partial charge in [0.05, 0.1) is 30.7 Å². The molecule has 0 aliphatic rings. The summed E-state index contributed by atoms with van der Waals surface area (Å²) in [6.45, 7) is 2.52. The second-order valence-corrected chi connectivity index (χ2v) is 7.23. The molecule has 162 valence electrons. The highest BCUT2D eigenvalue weighted by Crippen LogP contribution is 2.30. The largest absolute Gasteiger partial charge is 0.465 e. The van der Waals surface area contributed by atoms with Crippen LogP contribution in [0.25, 0.3) is 28.1 Å².